The molecule has 34 heavy (non-hydrogen) atoms. The quantitative estimate of drug-likeness (QED) is 0.404. The first-order valence-electron chi connectivity index (χ1n) is 10.1. The largest absolute Gasteiger partial charge is 0.418 e. The summed E-state index contributed by atoms with van der Waals surface area (Å²) in [6, 6.07) is 2.30. The molecule has 0 aromatic carbocycles. The lowest BCUT2D eigenvalue weighted by Gasteiger charge is -2.10. The van der Waals surface area contributed by atoms with Gasteiger partial charge in [0, 0.05) is 24.2 Å². The second kappa shape index (κ2) is 11.0. The van der Waals surface area contributed by atoms with E-state index in [0.29, 0.717) is 24.0 Å². The first kappa shape index (κ1) is 25.7. The van der Waals surface area contributed by atoms with E-state index in [1.165, 1.54) is 12.5 Å². The first-order valence-corrected chi connectivity index (χ1v) is 11.3. The molecule has 1 amide bonds. The van der Waals surface area contributed by atoms with Crippen LogP contribution < -0.4 is 11.1 Å². The van der Waals surface area contributed by atoms with Gasteiger partial charge in [0.2, 0.25) is 0 Å². The second-order valence-electron chi connectivity index (χ2n) is 7.38. The highest BCUT2D eigenvalue weighted by atomic mass is 35.5. The Labute approximate surface area is 201 Å². The molecule has 0 saturated carbocycles. The van der Waals surface area contributed by atoms with Crippen molar-refractivity contribution in [2.24, 2.45) is 5.73 Å². The van der Waals surface area contributed by atoms with Crippen molar-refractivity contribution in [3.8, 4) is 0 Å². The van der Waals surface area contributed by atoms with E-state index >= 15 is 0 Å². The molecule has 0 radical (unpaired) electrons. The highest BCUT2D eigenvalue weighted by Gasteiger charge is 2.34. The molecule has 3 aromatic rings. The number of Topliss-reactive ketones (excluding diaryl/α,β-unsaturated/α-hetero) is 1. The number of alkyl halides is 3. The SMILES string of the molecule is CC(CC(=O)c1cc(CCCN)ncn1)c1ncc(C(=O)Nc2cc(C(F)(F)F)c(Cl)cn2)s1. The van der Waals surface area contributed by atoms with E-state index in [-0.39, 0.29) is 34.5 Å². The number of carbonyl (C=O) groups excluding carboxylic acids is 2. The molecule has 3 heterocycles. The van der Waals surface area contributed by atoms with Crippen molar-refractivity contribution in [3.63, 3.8) is 0 Å². The van der Waals surface area contributed by atoms with Crippen molar-refractivity contribution < 1.29 is 22.8 Å². The maximum Gasteiger partial charge on any atom is 0.418 e. The van der Waals surface area contributed by atoms with Crippen LogP contribution in [0.3, 0.4) is 0 Å². The van der Waals surface area contributed by atoms with Crippen molar-refractivity contribution in [1.29, 1.82) is 0 Å². The first-order chi connectivity index (χ1) is 16.1. The van der Waals surface area contributed by atoms with Crippen LogP contribution in [0.4, 0.5) is 19.0 Å². The van der Waals surface area contributed by atoms with Crippen LogP contribution in [0.15, 0.2) is 30.9 Å². The molecule has 1 atom stereocenters. The van der Waals surface area contributed by atoms with Gasteiger partial charge in [0.1, 0.15) is 22.7 Å². The van der Waals surface area contributed by atoms with Gasteiger partial charge in [0.15, 0.2) is 5.78 Å². The second-order valence-corrected chi connectivity index (χ2v) is 8.85. The van der Waals surface area contributed by atoms with Gasteiger partial charge in [-0.1, -0.05) is 18.5 Å². The zero-order chi connectivity index (χ0) is 24.9. The Hall–Kier alpha value is -2.96. The predicted octanol–water partition coefficient (Wildman–Crippen LogP) is 4.52. The van der Waals surface area contributed by atoms with Gasteiger partial charge in [-0.25, -0.2) is 19.9 Å². The number of pyridine rings is 1. The third kappa shape index (κ3) is 6.55. The van der Waals surface area contributed by atoms with E-state index in [2.05, 4.69) is 25.3 Å². The Kier molecular flexibility index (Phi) is 8.28. The van der Waals surface area contributed by atoms with Crippen LogP contribution in [-0.2, 0) is 12.6 Å². The number of nitrogens with zero attached hydrogens (tertiary/aromatic N) is 4. The van der Waals surface area contributed by atoms with Crippen molar-refractivity contribution in [2.75, 3.05) is 11.9 Å². The molecule has 0 bridgehead atoms. The van der Waals surface area contributed by atoms with E-state index in [9.17, 15) is 22.8 Å². The number of nitrogens with two attached hydrogens (primary N) is 1. The number of hydrogen-bond donors (Lipinski definition) is 2. The Bertz CT molecular complexity index is 1190. The predicted molar refractivity (Wildman–Crippen MR) is 121 cm³/mol. The van der Waals surface area contributed by atoms with Crippen LogP contribution in [-0.4, -0.2) is 38.2 Å². The fourth-order valence-corrected chi connectivity index (χ4v) is 4.04. The van der Waals surface area contributed by atoms with Crippen LogP contribution in [0, 0.1) is 0 Å². The van der Waals surface area contributed by atoms with E-state index < -0.39 is 22.7 Å². The van der Waals surface area contributed by atoms with Crippen LogP contribution in [0.5, 0.6) is 0 Å². The number of amides is 1. The monoisotopic (exact) mass is 512 g/mol. The van der Waals surface area contributed by atoms with Gasteiger partial charge in [-0.2, -0.15) is 13.2 Å². The van der Waals surface area contributed by atoms with Crippen LogP contribution in [0.2, 0.25) is 5.02 Å². The Balaban J connectivity index is 1.65. The molecule has 8 nitrogen and oxygen atoms in total. The molecule has 3 N–H and O–H groups in total. The molecule has 3 rings (SSSR count). The zero-order valence-electron chi connectivity index (χ0n) is 17.9. The normalized spacial score (nSPS) is 12.4. The maximum absolute atomic E-state index is 13.0. The number of rotatable bonds is 9. The lowest BCUT2D eigenvalue weighted by atomic mass is 10.0. The molecular weight excluding hydrogens is 493 g/mol. The average Bonchev–Trinajstić information content (AvgIpc) is 3.29. The number of aryl methyl sites for hydroxylation is 1. The van der Waals surface area contributed by atoms with Gasteiger partial charge in [-0.15, -0.1) is 11.3 Å². The fourth-order valence-electron chi connectivity index (χ4n) is 2.96. The summed E-state index contributed by atoms with van der Waals surface area (Å²) in [6.45, 7) is 2.30. The standard InChI is InChI=1S/C21H20ClF3N6O2S/c1-11(5-16(32)15-6-12(3-2-4-26)29-10-30-15)20-28-9-17(34-20)19(33)31-18-7-13(21(23,24)25)14(22)8-27-18/h6-11H,2-5,26H2,1H3,(H,27,31,33). The minimum atomic E-state index is -4.69. The molecule has 1 unspecified atom stereocenters. The van der Waals surface area contributed by atoms with Gasteiger partial charge < -0.3 is 11.1 Å². The highest BCUT2D eigenvalue weighted by Crippen LogP contribution is 2.35. The maximum atomic E-state index is 13.0. The molecular formula is C21H20ClF3N6O2S. The van der Waals surface area contributed by atoms with E-state index in [4.69, 9.17) is 17.3 Å². The molecule has 0 saturated heterocycles. The van der Waals surface area contributed by atoms with Crippen molar-refractivity contribution in [1.82, 2.24) is 19.9 Å². The number of aromatic nitrogens is 4. The van der Waals surface area contributed by atoms with E-state index in [0.717, 1.165) is 29.6 Å². The Morgan fingerprint density at radius 2 is 1.94 bits per heavy atom. The smallest absolute Gasteiger partial charge is 0.330 e. The van der Waals surface area contributed by atoms with Crippen LogP contribution >= 0.6 is 22.9 Å². The van der Waals surface area contributed by atoms with Gasteiger partial charge in [0.25, 0.3) is 5.91 Å². The minimum absolute atomic E-state index is 0.107. The van der Waals surface area contributed by atoms with Gasteiger partial charge in [-0.05, 0) is 31.5 Å². The number of hydrogen-bond acceptors (Lipinski definition) is 8. The summed E-state index contributed by atoms with van der Waals surface area (Å²) in [6.07, 6.45) is 0.266. The number of ketones is 1. The van der Waals surface area contributed by atoms with E-state index in [1.807, 2.05) is 0 Å². The summed E-state index contributed by atoms with van der Waals surface area (Å²) < 4.78 is 39.0. The third-order valence-corrected chi connectivity index (χ3v) is 6.24. The fraction of sp³-hybridized carbons (Fsp3) is 0.333. The third-order valence-electron chi connectivity index (χ3n) is 4.71. The summed E-state index contributed by atoms with van der Waals surface area (Å²) in [5.41, 5.74) is 5.42. The van der Waals surface area contributed by atoms with Crippen molar-refractivity contribution in [2.45, 2.75) is 38.3 Å². The number of nitrogens with one attached hydrogen (secondary N) is 1. The highest BCUT2D eigenvalue weighted by molar-refractivity contribution is 7.13. The van der Waals surface area contributed by atoms with Crippen molar-refractivity contribution in [3.05, 3.63) is 62.7 Å². The summed E-state index contributed by atoms with van der Waals surface area (Å²) in [4.78, 5) is 41.4. The molecule has 0 aliphatic rings. The number of carbonyl (C=O) groups is 2. The Morgan fingerprint density at radius 1 is 1.18 bits per heavy atom. The summed E-state index contributed by atoms with van der Waals surface area (Å²) in [7, 11) is 0. The average molecular weight is 513 g/mol. The molecule has 13 heteroatoms. The van der Waals surface area contributed by atoms with Gasteiger partial charge in [0.05, 0.1) is 21.8 Å². The van der Waals surface area contributed by atoms with Crippen LogP contribution in [0.1, 0.15) is 62.1 Å². The lowest BCUT2D eigenvalue weighted by Crippen LogP contribution is -2.13. The number of anilines is 1. The van der Waals surface area contributed by atoms with Crippen LogP contribution in [0.25, 0.3) is 0 Å². The van der Waals surface area contributed by atoms with Crippen molar-refractivity contribution >= 4 is 40.4 Å². The lowest BCUT2D eigenvalue weighted by molar-refractivity contribution is -0.137. The Morgan fingerprint density at radius 3 is 2.65 bits per heavy atom. The topological polar surface area (TPSA) is 124 Å². The zero-order valence-corrected chi connectivity index (χ0v) is 19.5. The summed E-state index contributed by atoms with van der Waals surface area (Å²) >= 11 is 6.58. The molecule has 0 aliphatic carbocycles. The molecule has 0 spiro atoms. The molecule has 0 fully saturated rings. The molecule has 0 aliphatic heterocycles. The van der Waals surface area contributed by atoms with Gasteiger partial charge >= 0.3 is 6.18 Å². The summed E-state index contributed by atoms with van der Waals surface area (Å²) in [5.74, 6) is -1.48. The number of thiazole rings is 1. The summed E-state index contributed by atoms with van der Waals surface area (Å²) in [5, 5.41) is 2.26. The minimum Gasteiger partial charge on any atom is -0.330 e. The van der Waals surface area contributed by atoms with Gasteiger partial charge in [-0.3, -0.25) is 9.59 Å². The molecule has 3 aromatic heterocycles. The number of halogens is 4. The van der Waals surface area contributed by atoms with E-state index in [1.54, 1.807) is 13.0 Å². The molecule has 180 valence electrons.